The molecule has 0 amide bonds. The summed E-state index contributed by atoms with van der Waals surface area (Å²) in [6.45, 7) is 0. The lowest BCUT2D eigenvalue weighted by atomic mass is 9.83. The average molecular weight is 504 g/mol. The smallest absolute Gasteiger partial charge is 0.0616 e. The van der Waals surface area contributed by atoms with Crippen molar-refractivity contribution in [3.63, 3.8) is 0 Å². The second kappa shape index (κ2) is 8.30. The van der Waals surface area contributed by atoms with Gasteiger partial charge in [-0.05, 0) is 76.1 Å². The summed E-state index contributed by atoms with van der Waals surface area (Å²) in [6, 6.07) is -18.2. The highest BCUT2D eigenvalue weighted by Crippen LogP contribution is 2.46. The van der Waals surface area contributed by atoms with E-state index in [4.69, 9.17) is 21.9 Å². The Morgan fingerprint density at radius 1 is 0.289 bits per heavy atom. The maximum atomic E-state index is 9.37. The van der Waals surface area contributed by atoms with Gasteiger partial charge in [0.2, 0.25) is 0 Å². The molecule has 0 saturated heterocycles. The van der Waals surface area contributed by atoms with Crippen molar-refractivity contribution in [1.82, 2.24) is 0 Å². The van der Waals surface area contributed by atoms with Crippen LogP contribution in [0.4, 0.5) is 0 Å². The van der Waals surface area contributed by atoms with E-state index in [1.807, 2.05) is 0 Å². The van der Waals surface area contributed by atoms with Crippen LogP contribution in [-0.2, 0) is 0 Å². The standard InChI is InChI=1S/C38H24/c1-4-15-28-25(11-1)13-9-21-31(28)37-33-16-5-7-18-35(33)38(36-19-8-6-17-34(36)37)32-22-10-20-29-27-14-3-2-12-26(27)23-24-30(29)32/h1-24H/i1D,2D,3D,4D,5D,6D,7D,8D,9D,10D,11D,12D,13D,15D,16D,17D,18D,19D,20D,21D,22D,23D,24D. The Hall–Kier alpha value is -4.94. The van der Waals surface area contributed by atoms with Gasteiger partial charge < -0.3 is 0 Å². The lowest BCUT2D eigenvalue weighted by Crippen LogP contribution is -1.92. The van der Waals surface area contributed by atoms with Crippen LogP contribution < -0.4 is 0 Å². The molecule has 0 saturated carbocycles. The fraction of sp³-hybridized carbons (Fsp3) is 0. The van der Waals surface area contributed by atoms with E-state index in [0.717, 1.165) is 6.07 Å². The molecular weight excluding hydrogens is 456 g/mol. The van der Waals surface area contributed by atoms with Gasteiger partial charge >= 0.3 is 0 Å². The van der Waals surface area contributed by atoms with E-state index in [9.17, 15) is 9.60 Å². The van der Waals surface area contributed by atoms with Gasteiger partial charge in [-0.25, -0.2) is 0 Å². The Morgan fingerprint density at radius 2 is 0.737 bits per heavy atom. The van der Waals surface area contributed by atoms with Crippen LogP contribution in [0.2, 0.25) is 0 Å². The Balaban J connectivity index is 1.84. The Morgan fingerprint density at radius 3 is 1.39 bits per heavy atom. The molecule has 8 aromatic rings. The molecule has 0 nitrogen and oxygen atoms in total. The number of rotatable bonds is 2. The van der Waals surface area contributed by atoms with Crippen LogP contribution >= 0.6 is 0 Å². The first-order chi connectivity index (χ1) is 28.4. The number of hydrogen-bond donors (Lipinski definition) is 0. The van der Waals surface area contributed by atoms with Crippen molar-refractivity contribution in [2.45, 2.75) is 0 Å². The zero-order valence-electron chi connectivity index (χ0n) is 42.1. The van der Waals surface area contributed by atoms with Crippen LogP contribution in [0.1, 0.15) is 31.5 Å². The highest BCUT2D eigenvalue weighted by molar-refractivity contribution is 6.26. The second-order valence-corrected chi connectivity index (χ2v) is 8.33. The van der Waals surface area contributed by atoms with Gasteiger partial charge in [-0.2, -0.15) is 0 Å². The molecule has 0 fully saturated rings. The van der Waals surface area contributed by atoms with Crippen LogP contribution in [-0.4, -0.2) is 0 Å². The topological polar surface area (TPSA) is 0 Å². The predicted octanol–water partition coefficient (Wildman–Crippen LogP) is 10.8. The summed E-state index contributed by atoms with van der Waals surface area (Å²) in [4.78, 5) is 0. The third-order valence-electron chi connectivity index (χ3n) is 6.39. The molecular formula is C38H24. The van der Waals surface area contributed by atoms with Crippen molar-refractivity contribution in [2.24, 2.45) is 0 Å². The summed E-state index contributed by atoms with van der Waals surface area (Å²) < 4.78 is 205. The molecule has 0 bridgehead atoms. The van der Waals surface area contributed by atoms with Gasteiger partial charge in [0.25, 0.3) is 0 Å². The highest BCUT2D eigenvalue weighted by atomic mass is 14.2. The summed E-state index contributed by atoms with van der Waals surface area (Å²) in [7, 11) is 0. The van der Waals surface area contributed by atoms with Gasteiger partial charge in [-0.15, -0.1) is 0 Å². The number of benzene rings is 8. The van der Waals surface area contributed by atoms with Crippen molar-refractivity contribution in [3.05, 3.63) is 145 Å². The number of fused-ring (bicyclic) bond motifs is 6. The van der Waals surface area contributed by atoms with Crippen molar-refractivity contribution in [1.29, 1.82) is 0 Å². The maximum absolute atomic E-state index is 9.37. The largest absolute Gasteiger partial charge is 0.0630 e. The van der Waals surface area contributed by atoms with Gasteiger partial charge in [0.05, 0.1) is 31.5 Å². The quantitative estimate of drug-likeness (QED) is 0.162. The SMILES string of the molecule is [2H]c1cc2c(c([2H])c1[2H])c([2H])c([2H])c1c(-c3c4c([2H])c([2H])c([2H])c([2H])c4c(-c4c([2H])c([2H])c([2H])c5c([2H])c([2H])c([2H])c([2H])c45)c4c([2H])c([2H])c([2H])c([2H])c34)c([2H])c([2H])c([2H])c12. The molecule has 0 spiro atoms. The summed E-state index contributed by atoms with van der Waals surface area (Å²) in [6.07, 6.45) is 0. The zero-order valence-corrected chi connectivity index (χ0v) is 19.1. The molecule has 0 aliphatic rings. The summed E-state index contributed by atoms with van der Waals surface area (Å²) in [5.74, 6) is 0. The molecule has 0 aliphatic heterocycles. The molecule has 0 heterocycles. The van der Waals surface area contributed by atoms with Gasteiger partial charge in [0.15, 0.2) is 0 Å². The van der Waals surface area contributed by atoms with Crippen LogP contribution in [0.5, 0.6) is 0 Å². The van der Waals surface area contributed by atoms with Crippen LogP contribution in [0.3, 0.4) is 0 Å². The van der Waals surface area contributed by atoms with E-state index in [1.54, 1.807) is 0 Å². The highest BCUT2D eigenvalue weighted by Gasteiger charge is 2.19. The van der Waals surface area contributed by atoms with Crippen molar-refractivity contribution < 1.29 is 31.5 Å². The predicted molar refractivity (Wildman–Crippen MR) is 165 cm³/mol. The molecule has 8 rings (SSSR count). The Bertz CT molecular complexity index is 3360. The van der Waals surface area contributed by atoms with E-state index in [0.29, 0.717) is 0 Å². The first-order valence-corrected chi connectivity index (χ1v) is 11.3. The second-order valence-electron chi connectivity index (χ2n) is 8.33. The molecule has 0 aliphatic carbocycles. The normalized spacial score (nSPS) is 20.2. The molecule has 0 aromatic heterocycles. The van der Waals surface area contributed by atoms with Crippen molar-refractivity contribution in [3.8, 4) is 22.3 Å². The fourth-order valence-electron chi connectivity index (χ4n) is 4.81. The third kappa shape index (κ3) is 3.04. The first-order valence-electron chi connectivity index (χ1n) is 22.8. The van der Waals surface area contributed by atoms with Gasteiger partial charge in [0, 0.05) is 0 Å². The minimum atomic E-state index is -0.928. The fourth-order valence-corrected chi connectivity index (χ4v) is 4.81. The van der Waals surface area contributed by atoms with E-state index in [1.165, 1.54) is 0 Å². The van der Waals surface area contributed by atoms with Gasteiger partial charge in [0.1, 0.15) is 0 Å². The minimum Gasteiger partial charge on any atom is -0.0616 e. The van der Waals surface area contributed by atoms with Crippen molar-refractivity contribution in [2.75, 3.05) is 0 Å². The minimum absolute atomic E-state index is 0.228. The van der Waals surface area contributed by atoms with Crippen LogP contribution in [0.15, 0.2) is 145 Å². The summed E-state index contributed by atoms with van der Waals surface area (Å²) >= 11 is 0. The van der Waals surface area contributed by atoms with Crippen LogP contribution in [0, 0.1) is 0 Å². The van der Waals surface area contributed by atoms with Crippen LogP contribution in [0.25, 0.3) is 76.1 Å². The van der Waals surface area contributed by atoms with E-state index >= 15 is 0 Å². The molecule has 8 aromatic carbocycles. The third-order valence-corrected chi connectivity index (χ3v) is 6.39. The van der Waals surface area contributed by atoms with Crippen molar-refractivity contribution >= 4 is 53.9 Å². The molecule has 38 heavy (non-hydrogen) atoms. The first kappa shape index (κ1) is 8.55. The van der Waals surface area contributed by atoms with E-state index in [-0.39, 0.29) is 16.2 Å². The Kier molecular flexibility index (Phi) is 1.87. The molecule has 0 heteroatoms. The molecule has 0 radical (unpaired) electrons. The van der Waals surface area contributed by atoms with Gasteiger partial charge in [-0.3, -0.25) is 0 Å². The molecule has 0 N–H and O–H groups in total. The zero-order chi connectivity index (χ0) is 45.1. The number of hydrogen-bond acceptors (Lipinski definition) is 0. The maximum Gasteiger partial charge on any atom is 0.0630 e. The summed E-state index contributed by atoms with van der Waals surface area (Å²) in [5, 5.41) is -5.23. The average Bonchev–Trinajstić information content (AvgIpc) is 3.22. The molecule has 0 unspecified atom stereocenters. The Labute approximate surface area is 253 Å². The van der Waals surface area contributed by atoms with E-state index < -0.39 is 199 Å². The molecule has 0 atom stereocenters. The van der Waals surface area contributed by atoms with Gasteiger partial charge in [-0.1, -0.05) is 145 Å². The lowest BCUT2D eigenvalue weighted by molar-refractivity contribution is 1.69. The monoisotopic (exact) mass is 503 g/mol. The van der Waals surface area contributed by atoms with E-state index in [2.05, 4.69) is 0 Å². The lowest BCUT2D eigenvalue weighted by Gasteiger charge is -2.20. The summed E-state index contributed by atoms with van der Waals surface area (Å²) in [5.41, 5.74) is -2.52. The molecule has 176 valence electrons.